The van der Waals surface area contributed by atoms with Gasteiger partial charge in [-0.2, -0.15) is 0 Å². The molecule has 2 aromatic rings. The molecular formula is C14H9IO2. The molecule has 0 spiro atoms. The van der Waals surface area contributed by atoms with E-state index in [0.717, 1.165) is 3.57 Å². The third kappa shape index (κ3) is 2.79. The van der Waals surface area contributed by atoms with Crippen LogP contribution in [0.5, 0.6) is 0 Å². The molecule has 0 fully saturated rings. The lowest BCUT2D eigenvalue weighted by molar-refractivity contribution is 0.0817. The summed E-state index contributed by atoms with van der Waals surface area (Å²) in [6, 6.07) is 15.6. The summed E-state index contributed by atoms with van der Waals surface area (Å²) in [5, 5.41) is 0. The number of ketones is 2. The van der Waals surface area contributed by atoms with Gasteiger partial charge < -0.3 is 0 Å². The Morgan fingerprint density at radius 3 is 2.00 bits per heavy atom. The van der Waals surface area contributed by atoms with Gasteiger partial charge in [0, 0.05) is 14.7 Å². The summed E-state index contributed by atoms with van der Waals surface area (Å²) in [5.74, 6) is -0.928. The van der Waals surface area contributed by atoms with Crippen LogP contribution >= 0.6 is 22.6 Å². The number of benzene rings is 2. The van der Waals surface area contributed by atoms with Crippen LogP contribution in [0.4, 0.5) is 0 Å². The molecule has 0 amide bonds. The van der Waals surface area contributed by atoms with E-state index >= 15 is 0 Å². The number of carbonyl (C=O) groups excluding carboxylic acids is 2. The smallest absolute Gasteiger partial charge is 0.233 e. The van der Waals surface area contributed by atoms with Gasteiger partial charge in [0.1, 0.15) is 0 Å². The van der Waals surface area contributed by atoms with Crippen molar-refractivity contribution >= 4 is 34.2 Å². The Bertz CT molecular complexity index is 561. The predicted octanol–water partition coefficient (Wildman–Crippen LogP) is 3.36. The summed E-state index contributed by atoms with van der Waals surface area (Å²) in [5.41, 5.74) is 0.863. The summed E-state index contributed by atoms with van der Waals surface area (Å²) < 4.78 is 0.939. The Morgan fingerprint density at radius 1 is 0.765 bits per heavy atom. The Hall–Kier alpha value is -1.49. The van der Waals surface area contributed by atoms with E-state index < -0.39 is 11.6 Å². The highest BCUT2D eigenvalue weighted by atomic mass is 127. The maximum Gasteiger partial charge on any atom is 0.233 e. The van der Waals surface area contributed by atoms with E-state index in [9.17, 15) is 9.59 Å². The molecule has 0 unspecified atom stereocenters. The Morgan fingerprint density at radius 2 is 1.35 bits per heavy atom. The lowest BCUT2D eigenvalue weighted by Crippen LogP contribution is -2.14. The van der Waals surface area contributed by atoms with E-state index in [-0.39, 0.29) is 0 Å². The second kappa shape index (κ2) is 5.23. The van der Waals surface area contributed by atoms with Crippen molar-refractivity contribution in [3.63, 3.8) is 0 Å². The fraction of sp³-hybridized carbons (Fsp3) is 0. The van der Waals surface area contributed by atoms with E-state index in [2.05, 4.69) is 22.6 Å². The molecule has 2 nitrogen and oxygen atoms in total. The van der Waals surface area contributed by atoms with Gasteiger partial charge in [-0.3, -0.25) is 9.59 Å². The third-order valence-electron chi connectivity index (χ3n) is 2.33. The quantitative estimate of drug-likeness (QED) is 0.489. The number of halogens is 1. The molecule has 17 heavy (non-hydrogen) atoms. The maximum atomic E-state index is 11.9. The standard InChI is InChI=1S/C14H9IO2/c15-12-8-4-7-11(9-12)14(17)13(16)10-5-2-1-3-6-10/h1-9H. The number of hydrogen-bond donors (Lipinski definition) is 0. The number of Topliss-reactive ketones (excluding diaryl/α,β-unsaturated/α-hetero) is 2. The molecule has 0 aliphatic carbocycles. The molecule has 0 radical (unpaired) electrons. The molecule has 0 aliphatic heterocycles. The molecule has 0 heterocycles. The Balaban J connectivity index is 2.30. The molecule has 0 saturated heterocycles. The average Bonchev–Trinajstić information content (AvgIpc) is 2.38. The first-order valence-corrected chi connectivity index (χ1v) is 6.16. The van der Waals surface area contributed by atoms with Crippen molar-refractivity contribution < 1.29 is 9.59 Å². The molecule has 2 aromatic carbocycles. The van der Waals surface area contributed by atoms with Gasteiger partial charge in [0.05, 0.1) is 0 Å². The van der Waals surface area contributed by atoms with Gasteiger partial charge in [0.2, 0.25) is 11.6 Å². The fourth-order valence-corrected chi connectivity index (χ4v) is 2.02. The summed E-state index contributed by atoms with van der Waals surface area (Å²) in [7, 11) is 0. The molecule has 0 saturated carbocycles. The van der Waals surface area contributed by atoms with Crippen LogP contribution in [0.2, 0.25) is 0 Å². The van der Waals surface area contributed by atoms with Crippen LogP contribution in [0.15, 0.2) is 54.6 Å². The second-order valence-electron chi connectivity index (χ2n) is 3.53. The van der Waals surface area contributed by atoms with Gasteiger partial charge >= 0.3 is 0 Å². The zero-order valence-electron chi connectivity index (χ0n) is 8.89. The average molecular weight is 336 g/mol. The maximum absolute atomic E-state index is 11.9. The summed E-state index contributed by atoms with van der Waals surface area (Å²) in [4.78, 5) is 23.8. The Labute approximate surface area is 113 Å². The van der Waals surface area contributed by atoms with Gasteiger partial charge in [0.15, 0.2) is 0 Å². The van der Waals surface area contributed by atoms with Crippen molar-refractivity contribution in [2.24, 2.45) is 0 Å². The zero-order chi connectivity index (χ0) is 12.3. The van der Waals surface area contributed by atoms with Crippen LogP contribution in [-0.2, 0) is 0 Å². The SMILES string of the molecule is O=C(C(=O)c1cccc(I)c1)c1ccccc1. The van der Waals surface area contributed by atoms with Gasteiger partial charge in [-0.05, 0) is 34.7 Å². The van der Waals surface area contributed by atoms with E-state index in [1.54, 1.807) is 42.5 Å². The summed E-state index contributed by atoms with van der Waals surface area (Å²) in [6.45, 7) is 0. The molecule has 0 bridgehead atoms. The van der Waals surface area contributed by atoms with Crippen LogP contribution in [0.25, 0.3) is 0 Å². The molecular weight excluding hydrogens is 327 g/mol. The first kappa shape index (κ1) is 12.0. The lowest BCUT2D eigenvalue weighted by atomic mass is 10.0. The number of hydrogen-bond acceptors (Lipinski definition) is 2. The van der Waals surface area contributed by atoms with E-state index in [1.165, 1.54) is 0 Å². The van der Waals surface area contributed by atoms with Crippen molar-refractivity contribution in [2.45, 2.75) is 0 Å². The van der Waals surface area contributed by atoms with Crippen molar-refractivity contribution in [1.29, 1.82) is 0 Å². The van der Waals surface area contributed by atoms with Gasteiger partial charge in [-0.15, -0.1) is 0 Å². The molecule has 0 aliphatic rings. The normalized spacial score (nSPS) is 9.94. The second-order valence-corrected chi connectivity index (χ2v) is 4.78. The highest BCUT2D eigenvalue weighted by Gasteiger charge is 2.17. The highest BCUT2D eigenvalue weighted by Crippen LogP contribution is 2.11. The topological polar surface area (TPSA) is 34.1 Å². The molecule has 0 atom stereocenters. The van der Waals surface area contributed by atoms with Crippen LogP contribution < -0.4 is 0 Å². The minimum Gasteiger partial charge on any atom is -0.285 e. The highest BCUT2D eigenvalue weighted by molar-refractivity contribution is 14.1. The molecule has 0 N–H and O–H groups in total. The van der Waals surface area contributed by atoms with Crippen molar-refractivity contribution in [3.05, 3.63) is 69.3 Å². The van der Waals surface area contributed by atoms with E-state index in [1.807, 2.05) is 12.1 Å². The van der Waals surface area contributed by atoms with E-state index in [0.29, 0.717) is 11.1 Å². The van der Waals surface area contributed by atoms with Crippen molar-refractivity contribution in [3.8, 4) is 0 Å². The van der Waals surface area contributed by atoms with Gasteiger partial charge in [0.25, 0.3) is 0 Å². The lowest BCUT2D eigenvalue weighted by Gasteiger charge is -2.01. The van der Waals surface area contributed by atoms with Gasteiger partial charge in [-0.1, -0.05) is 42.5 Å². The summed E-state index contributed by atoms with van der Waals surface area (Å²) in [6.07, 6.45) is 0. The molecule has 84 valence electrons. The van der Waals surface area contributed by atoms with Crippen molar-refractivity contribution in [1.82, 2.24) is 0 Å². The molecule has 2 rings (SSSR count). The molecule has 0 aromatic heterocycles. The third-order valence-corrected chi connectivity index (χ3v) is 3.00. The Kier molecular flexibility index (Phi) is 3.68. The first-order valence-electron chi connectivity index (χ1n) is 5.08. The predicted molar refractivity (Wildman–Crippen MR) is 74.3 cm³/mol. The van der Waals surface area contributed by atoms with Crippen LogP contribution in [0.1, 0.15) is 20.7 Å². The van der Waals surface area contributed by atoms with Crippen molar-refractivity contribution in [2.75, 3.05) is 0 Å². The minimum absolute atomic E-state index is 0.427. The zero-order valence-corrected chi connectivity index (χ0v) is 11.0. The number of carbonyl (C=O) groups is 2. The first-order chi connectivity index (χ1) is 8.18. The van der Waals surface area contributed by atoms with Crippen LogP contribution in [-0.4, -0.2) is 11.6 Å². The summed E-state index contributed by atoms with van der Waals surface area (Å²) >= 11 is 2.11. The minimum atomic E-state index is -0.465. The number of rotatable bonds is 3. The van der Waals surface area contributed by atoms with Gasteiger partial charge in [-0.25, -0.2) is 0 Å². The van der Waals surface area contributed by atoms with Crippen LogP contribution in [0.3, 0.4) is 0 Å². The fourth-order valence-electron chi connectivity index (χ4n) is 1.48. The van der Waals surface area contributed by atoms with Crippen LogP contribution in [0, 0.1) is 3.57 Å². The largest absolute Gasteiger partial charge is 0.285 e. The molecule has 3 heteroatoms. The van der Waals surface area contributed by atoms with E-state index in [4.69, 9.17) is 0 Å². The monoisotopic (exact) mass is 336 g/mol.